The van der Waals surface area contributed by atoms with Gasteiger partial charge in [0, 0.05) is 12.2 Å². The van der Waals surface area contributed by atoms with Crippen molar-refractivity contribution in [3.63, 3.8) is 0 Å². The van der Waals surface area contributed by atoms with Crippen LogP contribution in [0.5, 0.6) is 5.75 Å². The van der Waals surface area contributed by atoms with Crippen molar-refractivity contribution >= 4 is 0 Å². The number of ether oxygens (including phenoxy) is 1. The highest BCUT2D eigenvalue weighted by molar-refractivity contribution is 5.26. The Balaban J connectivity index is 1.98. The van der Waals surface area contributed by atoms with Gasteiger partial charge in [0.1, 0.15) is 5.75 Å². The highest BCUT2D eigenvalue weighted by Gasteiger charge is 2.21. The summed E-state index contributed by atoms with van der Waals surface area (Å²) in [4.78, 5) is 4.20. The summed E-state index contributed by atoms with van der Waals surface area (Å²) in [6.07, 6.45) is 8.90. The zero-order valence-corrected chi connectivity index (χ0v) is 10.7. The van der Waals surface area contributed by atoms with E-state index in [4.69, 9.17) is 10.5 Å². The Bertz CT molecular complexity index is 361. The highest BCUT2D eigenvalue weighted by atomic mass is 16.5. The Kier molecular flexibility index (Phi) is 4.00. The highest BCUT2D eigenvalue weighted by Crippen LogP contribution is 2.34. The van der Waals surface area contributed by atoms with Crippen LogP contribution in [0.25, 0.3) is 0 Å². The van der Waals surface area contributed by atoms with Gasteiger partial charge in [-0.2, -0.15) is 0 Å². The maximum absolute atomic E-state index is 6.21. The molecule has 1 aliphatic rings. The molecule has 3 heteroatoms. The van der Waals surface area contributed by atoms with Crippen LogP contribution >= 0.6 is 0 Å². The van der Waals surface area contributed by atoms with E-state index < -0.39 is 0 Å². The lowest BCUT2D eigenvalue weighted by molar-refractivity contribution is 0.240. The largest absolute Gasteiger partial charge is 0.489 e. The average Bonchev–Trinajstić information content (AvgIpc) is 2.22. The van der Waals surface area contributed by atoms with Crippen molar-refractivity contribution in [3.05, 3.63) is 24.0 Å². The minimum absolute atomic E-state index is 0.100. The summed E-state index contributed by atoms with van der Waals surface area (Å²) in [7, 11) is 0. The van der Waals surface area contributed by atoms with Crippen LogP contribution in [-0.2, 0) is 0 Å². The van der Waals surface area contributed by atoms with E-state index in [1.165, 1.54) is 19.3 Å². The lowest BCUT2D eigenvalue weighted by Crippen LogP contribution is -2.20. The predicted octanol–water partition coefficient (Wildman–Crippen LogP) is 3.06. The van der Waals surface area contributed by atoms with Gasteiger partial charge in [-0.25, -0.2) is 0 Å². The third-order valence-corrected chi connectivity index (χ3v) is 3.35. The molecule has 0 spiro atoms. The van der Waals surface area contributed by atoms with Crippen LogP contribution in [0.15, 0.2) is 18.5 Å². The average molecular weight is 234 g/mol. The summed E-state index contributed by atoms with van der Waals surface area (Å²) in [5.41, 5.74) is 7.30. The van der Waals surface area contributed by atoms with Crippen molar-refractivity contribution in [2.45, 2.75) is 51.7 Å². The number of rotatable bonds is 5. The summed E-state index contributed by atoms with van der Waals surface area (Å²) in [5, 5.41) is 0. The topological polar surface area (TPSA) is 48.1 Å². The van der Waals surface area contributed by atoms with Crippen LogP contribution < -0.4 is 10.5 Å². The van der Waals surface area contributed by atoms with Crippen molar-refractivity contribution in [1.29, 1.82) is 0 Å². The van der Waals surface area contributed by atoms with Crippen molar-refractivity contribution in [2.24, 2.45) is 11.7 Å². The Morgan fingerprint density at radius 2 is 2.18 bits per heavy atom. The van der Waals surface area contributed by atoms with E-state index in [2.05, 4.69) is 4.98 Å². The fourth-order valence-electron chi connectivity index (χ4n) is 2.20. The second-order valence-electron chi connectivity index (χ2n) is 5.26. The number of aromatic nitrogens is 1. The Morgan fingerprint density at radius 3 is 2.76 bits per heavy atom. The lowest BCUT2D eigenvalue weighted by Gasteiger charge is -2.28. The number of nitrogens with two attached hydrogens (primary N) is 1. The van der Waals surface area contributed by atoms with E-state index in [-0.39, 0.29) is 12.1 Å². The minimum atomic E-state index is 0.100. The molecule has 1 heterocycles. The van der Waals surface area contributed by atoms with Crippen molar-refractivity contribution in [2.75, 3.05) is 0 Å². The van der Waals surface area contributed by atoms with E-state index in [0.717, 1.165) is 23.7 Å². The first-order valence-corrected chi connectivity index (χ1v) is 6.52. The Morgan fingerprint density at radius 1 is 1.41 bits per heavy atom. The fourth-order valence-corrected chi connectivity index (χ4v) is 2.20. The molecular weight excluding hydrogens is 212 g/mol. The predicted molar refractivity (Wildman–Crippen MR) is 68.9 cm³/mol. The van der Waals surface area contributed by atoms with Gasteiger partial charge >= 0.3 is 0 Å². The molecule has 0 aromatic carbocycles. The monoisotopic (exact) mass is 234 g/mol. The number of hydrogen-bond donors (Lipinski definition) is 1. The summed E-state index contributed by atoms with van der Waals surface area (Å²) in [6.45, 7) is 4.03. The van der Waals surface area contributed by atoms with Gasteiger partial charge in [-0.3, -0.25) is 4.98 Å². The fraction of sp³-hybridized carbons (Fsp3) is 0.643. The first-order chi connectivity index (χ1) is 8.15. The molecule has 94 valence electrons. The van der Waals surface area contributed by atoms with E-state index in [9.17, 15) is 0 Å². The van der Waals surface area contributed by atoms with Gasteiger partial charge in [-0.05, 0) is 37.8 Å². The standard InChI is InChI=1S/C14H22N2O/c1-10(2)17-13-7-12(8-16-9-13)14(15)6-11-4-3-5-11/h7-11,14H,3-6,15H2,1-2H3. The van der Waals surface area contributed by atoms with E-state index in [0.29, 0.717) is 0 Å². The van der Waals surface area contributed by atoms with Crippen molar-refractivity contribution in [1.82, 2.24) is 4.98 Å². The van der Waals surface area contributed by atoms with Gasteiger partial charge in [0.2, 0.25) is 0 Å². The van der Waals surface area contributed by atoms with Gasteiger partial charge in [0.25, 0.3) is 0 Å². The second kappa shape index (κ2) is 5.50. The molecule has 1 saturated carbocycles. The van der Waals surface area contributed by atoms with E-state index in [1.807, 2.05) is 26.1 Å². The van der Waals surface area contributed by atoms with E-state index >= 15 is 0 Å². The SMILES string of the molecule is CC(C)Oc1cncc(C(N)CC2CCC2)c1. The molecular formula is C14H22N2O. The van der Waals surface area contributed by atoms with Gasteiger partial charge < -0.3 is 10.5 Å². The smallest absolute Gasteiger partial charge is 0.138 e. The maximum atomic E-state index is 6.21. The molecule has 1 atom stereocenters. The summed E-state index contributed by atoms with van der Waals surface area (Å²) < 4.78 is 5.63. The van der Waals surface area contributed by atoms with Crippen LogP contribution in [0.3, 0.4) is 0 Å². The van der Waals surface area contributed by atoms with Gasteiger partial charge in [-0.1, -0.05) is 19.3 Å². The van der Waals surface area contributed by atoms with Crippen LogP contribution in [0.1, 0.15) is 51.1 Å². The zero-order valence-electron chi connectivity index (χ0n) is 10.7. The van der Waals surface area contributed by atoms with Crippen molar-refractivity contribution < 1.29 is 4.74 Å². The third-order valence-electron chi connectivity index (χ3n) is 3.35. The molecule has 0 amide bonds. The van der Waals surface area contributed by atoms with Gasteiger partial charge in [-0.15, -0.1) is 0 Å². The van der Waals surface area contributed by atoms with Crippen LogP contribution in [0, 0.1) is 5.92 Å². The number of nitrogens with zero attached hydrogens (tertiary/aromatic N) is 1. The summed E-state index contributed by atoms with van der Waals surface area (Å²) in [5.74, 6) is 1.64. The molecule has 1 fully saturated rings. The first kappa shape index (κ1) is 12.4. The molecule has 3 nitrogen and oxygen atoms in total. The molecule has 1 unspecified atom stereocenters. The van der Waals surface area contributed by atoms with Crippen molar-refractivity contribution in [3.8, 4) is 5.75 Å². The molecule has 1 aromatic heterocycles. The van der Waals surface area contributed by atoms with Crippen LogP contribution in [0.2, 0.25) is 0 Å². The number of hydrogen-bond acceptors (Lipinski definition) is 3. The van der Waals surface area contributed by atoms with Gasteiger partial charge in [0.05, 0.1) is 12.3 Å². The Hall–Kier alpha value is -1.09. The molecule has 0 radical (unpaired) electrons. The zero-order chi connectivity index (χ0) is 12.3. The normalized spacial score (nSPS) is 17.9. The number of pyridine rings is 1. The molecule has 1 aliphatic carbocycles. The lowest BCUT2D eigenvalue weighted by atomic mass is 9.80. The molecule has 2 N–H and O–H groups in total. The third kappa shape index (κ3) is 3.43. The quantitative estimate of drug-likeness (QED) is 0.851. The molecule has 0 bridgehead atoms. The second-order valence-corrected chi connectivity index (χ2v) is 5.26. The molecule has 1 aromatic rings. The van der Waals surface area contributed by atoms with E-state index in [1.54, 1.807) is 6.20 Å². The molecule has 17 heavy (non-hydrogen) atoms. The minimum Gasteiger partial charge on any atom is -0.489 e. The maximum Gasteiger partial charge on any atom is 0.138 e. The molecule has 2 rings (SSSR count). The molecule has 0 saturated heterocycles. The van der Waals surface area contributed by atoms with Crippen LogP contribution in [0.4, 0.5) is 0 Å². The summed E-state index contributed by atoms with van der Waals surface area (Å²) in [6, 6.07) is 2.12. The Labute approximate surface area is 103 Å². The molecule has 0 aliphatic heterocycles. The summed E-state index contributed by atoms with van der Waals surface area (Å²) >= 11 is 0. The van der Waals surface area contributed by atoms with Gasteiger partial charge in [0.15, 0.2) is 0 Å². The first-order valence-electron chi connectivity index (χ1n) is 6.52. The van der Waals surface area contributed by atoms with Crippen LogP contribution in [-0.4, -0.2) is 11.1 Å².